The molecule has 96 valence electrons. The normalized spacial score (nSPS) is 29.8. The topological polar surface area (TPSA) is 50.5 Å². The molecule has 17 heavy (non-hydrogen) atoms. The highest BCUT2D eigenvalue weighted by Gasteiger charge is 2.44. The molecule has 0 spiro atoms. The van der Waals surface area contributed by atoms with Crippen molar-refractivity contribution >= 4 is 0 Å². The fourth-order valence-electron chi connectivity index (χ4n) is 2.68. The lowest BCUT2D eigenvalue weighted by atomic mass is 9.96. The van der Waals surface area contributed by atoms with Gasteiger partial charge in [0.15, 0.2) is 5.75 Å². The lowest BCUT2D eigenvalue weighted by molar-refractivity contribution is 0.0368. The van der Waals surface area contributed by atoms with Crippen LogP contribution in [-0.2, 0) is 12.1 Å². The minimum Gasteiger partial charge on any atom is -0.493 e. The van der Waals surface area contributed by atoms with Gasteiger partial charge in [-0.1, -0.05) is 0 Å². The van der Waals surface area contributed by atoms with Crippen LogP contribution in [-0.4, -0.2) is 46.5 Å². The van der Waals surface area contributed by atoms with Crippen molar-refractivity contribution < 1.29 is 9.84 Å². The summed E-state index contributed by atoms with van der Waals surface area (Å²) in [5, 5.41) is 15.1. The zero-order valence-corrected chi connectivity index (χ0v) is 11.0. The minimum atomic E-state index is -0.855. The number of aliphatic hydroxyl groups is 1. The van der Waals surface area contributed by atoms with Gasteiger partial charge in [0.05, 0.1) is 13.3 Å². The van der Waals surface area contributed by atoms with Crippen LogP contribution in [0.2, 0.25) is 0 Å². The molecule has 0 bridgehead atoms. The molecule has 2 heterocycles. The molecule has 1 N–H and O–H groups in total. The number of likely N-dealkylation sites (N-methyl/N-ethyl adjacent to an activating group) is 1. The van der Waals surface area contributed by atoms with Gasteiger partial charge in [0, 0.05) is 19.1 Å². The van der Waals surface area contributed by atoms with Crippen LogP contribution in [0.25, 0.3) is 0 Å². The van der Waals surface area contributed by atoms with Crippen molar-refractivity contribution in [2.24, 2.45) is 0 Å². The molecule has 0 radical (unpaired) electrons. The third-order valence-electron chi connectivity index (χ3n) is 3.66. The van der Waals surface area contributed by atoms with Crippen molar-refractivity contribution in [1.29, 1.82) is 0 Å². The molecule has 5 nitrogen and oxygen atoms in total. The van der Waals surface area contributed by atoms with Crippen molar-refractivity contribution in [3.05, 3.63) is 11.9 Å². The molecule has 1 aliphatic heterocycles. The molecular weight excluding hydrogens is 218 g/mol. The van der Waals surface area contributed by atoms with E-state index < -0.39 is 5.60 Å². The number of methoxy groups -OCH3 is 1. The average molecular weight is 239 g/mol. The summed E-state index contributed by atoms with van der Waals surface area (Å²) in [6, 6.07) is 0.366. The summed E-state index contributed by atoms with van der Waals surface area (Å²) in [6.45, 7) is 5.49. The highest BCUT2D eigenvalue weighted by molar-refractivity contribution is 5.32. The van der Waals surface area contributed by atoms with Crippen LogP contribution in [0.15, 0.2) is 6.20 Å². The van der Waals surface area contributed by atoms with E-state index in [4.69, 9.17) is 4.74 Å². The van der Waals surface area contributed by atoms with Gasteiger partial charge in [-0.25, -0.2) is 0 Å². The third kappa shape index (κ3) is 1.93. The number of nitrogens with zero attached hydrogens (tertiary/aromatic N) is 3. The van der Waals surface area contributed by atoms with Gasteiger partial charge in [0.25, 0.3) is 0 Å². The van der Waals surface area contributed by atoms with Crippen molar-refractivity contribution in [2.45, 2.75) is 38.5 Å². The van der Waals surface area contributed by atoms with Gasteiger partial charge in [-0.2, -0.15) is 5.10 Å². The van der Waals surface area contributed by atoms with E-state index in [0.717, 1.165) is 12.2 Å². The predicted octanol–water partition coefficient (Wildman–Crippen LogP) is 0.823. The predicted molar refractivity (Wildman–Crippen MR) is 65.1 cm³/mol. The Bertz CT molecular complexity index is 371. The van der Waals surface area contributed by atoms with Crippen LogP contribution in [0.3, 0.4) is 0 Å². The van der Waals surface area contributed by atoms with Crippen molar-refractivity contribution in [2.75, 3.05) is 20.7 Å². The molecule has 1 aromatic heterocycles. The second-order valence-electron chi connectivity index (χ2n) is 4.88. The lowest BCUT2D eigenvalue weighted by Crippen LogP contribution is -2.32. The zero-order chi connectivity index (χ0) is 12.6. The maximum Gasteiger partial charge on any atom is 0.162 e. The van der Waals surface area contributed by atoms with Gasteiger partial charge in [0.1, 0.15) is 11.3 Å². The Kier molecular flexibility index (Phi) is 3.14. The van der Waals surface area contributed by atoms with E-state index in [1.54, 1.807) is 13.3 Å². The van der Waals surface area contributed by atoms with E-state index in [1.807, 2.05) is 18.7 Å². The quantitative estimate of drug-likeness (QED) is 0.848. The molecule has 2 rings (SSSR count). The van der Waals surface area contributed by atoms with E-state index in [9.17, 15) is 5.11 Å². The number of aryl methyl sites for hydroxylation is 1. The summed E-state index contributed by atoms with van der Waals surface area (Å²) in [5.74, 6) is 0.678. The van der Waals surface area contributed by atoms with Gasteiger partial charge >= 0.3 is 0 Å². The number of hydrogen-bond acceptors (Lipinski definition) is 4. The molecule has 1 aromatic rings. The Morgan fingerprint density at radius 3 is 2.82 bits per heavy atom. The van der Waals surface area contributed by atoms with Crippen LogP contribution in [0.1, 0.15) is 26.0 Å². The molecule has 2 atom stereocenters. The van der Waals surface area contributed by atoms with Crippen LogP contribution < -0.4 is 4.74 Å². The third-order valence-corrected chi connectivity index (χ3v) is 3.66. The first kappa shape index (κ1) is 12.4. The number of β-amino-alcohol motifs (C(OH)–C–C–N with tert-alkyl or cyclic N) is 1. The Morgan fingerprint density at radius 1 is 1.65 bits per heavy atom. The highest BCUT2D eigenvalue weighted by atomic mass is 16.5. The Morgan fingerprint density at radius 2 is 2.35 bits per heavy atom. The molecule has 0 amide bonds. The molecule has 5 heteroatoms. The monoisotopic (exact) mass is 239 g/mol. The number of hydrogen-bond donors (Lipinski definition) is 1. The fourth-order valence-corrected chi connectivity index (χ4v) is 2.68. The van der Waals surface area contributed by atoms with Crippen molar-refractivity contribution in [3.63, 3.8) is 0 Å². The summed E-state index contributed by atoms with van der Waals surface area (Å²) in [5.41, 5.74) is -0.0508. The Labute approximate surface area is 102 Å². The van der Waals surface area contributed by atoms with Crippen LogP contribution in [0.4, 0.5) is 0 Å². The number of ether oxygens (including phenoxy) is 1. The number of aromatic nitrogens is 2. The van der Waals surface area contributed by atoms with E-state index in [1.165, 1.54) is 0 Å². The average Bonchev–Trinajstić information content (AvgIpc) is 2.81. The molecule has 1 aliphatic rings. The van der Waals surface area contributed by atoms with Gasteiger partial charge in [-0.15, -0.1) is 0 Å². The number of rotatable bonds is 3. The summed E-state index contributed by atoms with van der Waals surface area (Å²) in [6.07, 6.45) is 2.39. The van der Waals surface area contributed by atoms with Crippen LogP contribution >= 0.6 is 0 Å². The van der Waals surface area contributed by atoms with E-state index >= 15 is 0 Å². The molecule has 1 saturated heterocycles. The molecule has 0 aliphatic carbocycles. The first-order chi connectivity index (χ1) is 8.01. The van der Waals surface area contributed by atoms with E-state index in [2.05, 4.69) is 16.9 Å². The van der Waals surface area contributed by atoms with Crippen LogP contribution in [0.5, 0.6) is 5.75 Å². The lowest BCUT2D eigenvalue weighted by Gasteiger charge is -2.24. The Balaban J connectivity index is 2.42. The highest BCUT2D eigenvalue weighted by Crippen LogP contribution is 2.39. The van der Waals surface area contributed by atoms with Gasteiger partial charge in [0.2, 0.25) is 0 Å². The summed E-state index contributed by atoms with van der Waals surface area (Å²) >= 11 is 0. The number of likely N-dealkylation sites (tertiary alicyclic amines) is 1. The standard InChI is InChI=1S/C12H21N3O2/c1-5-15-11(10(17-4)7-13-15)12(16)6-9(2)14(3)8-12/h7,9,16H,5-6,8H2,1-4H3. The van der Waals surface area contributed by atoms with Gasteiger partial charge < -0.3 is 14.7 Å². The maximum atomic E-state index is 10.8. The molecule has 0 aromatic carbocycles. The summed E-state index contributed by atoms with van der Waals surface area (Å²) in [4.78, 5) is 2.16. The summed E-state index contributed by atoms with van der Waals surface area (Å²) < 4.78 is 7.14. The summed E-state index contributed by atoms with van der Waals surface area (Å²) in [7, 11) is 3.65. The smallest absolute Gasteiger partial charge is 0.162 e. The van der Waals surface area contributed by atoms with Gasteiger partial charge in [-0.3, -0.25) is 4.68 Å². The van der Waals surface area contributed by atoms with E-state index in [0.29, 0.717) is 24.8 Å². The maximum absolute atomic E-state index is 10.8. The second-order valence-corrected chi connectivity index (χ2v) is 4.88. The van der Waals surface area contributed by atoms with Crippen molar-refractivity contribution in [1.82, 2.24) is 14.7 Å². The van der Waals surface area contributed by atoms with Crippen LogP contribution in [0, 0.1) is 0 Å². The molecule has 2 unspecified atom stereocenters. The molecule has 0 saturated carbocycles. The largest absolute Gasteiger partial charge is 0.493 e. The Hall–Kier alpha value is -1.07. The fraction of sp³-hybridized carbons (Fsp3) is 0.750. The van der Waals surface area contributed by atoms with Gasteiger partial charge in [-0.05, 0) is 27.3 Å². The first-order valence-electron chi connectivity index (χ1n) is 6.04. The molecular formula is C12H21N3O2. The SMILES string of the molecule is CCn1ncc(OC)c1C1(O)CC(C)N(C)C1. The van der Waals surface area contributed by atoms with E-state index in [-0.39, 0.29) is 0 Å². The zero-order valence-electron chi connectivity index (χ0n) is 11.0. The van der Waals surface area contributed by atoms with Crippen molar-refractivity contribution in [3.8, 4) is 5.75 Å². The molecule has 1 fully saturated rings. The minimum absolute atomic E-state index is 0.366. The first-order valence-corrected chi connectivity index (χ1v) is 6.04. The second kappa shape index (κ2) is 4.31.